The summed E-state index contributed by atoms with van der Waals surface area (Å²) in [5.41, 5.74) is 3.51. The minimum Gasteiger partial charge on any atom is -0.507 e. The molecule has 0 radical (unpaired) electrons. The lowest BCUT2D eigenvalue weighted by Crippen LogP contribution is -3.14. The molecule has 3 N–H and O–H groups in total. The molecule has 140 valence electrons. The summed E-state index contributed by atoms with van der Waals surface area (Å²) in [7, 11) is 0. The van der Waals surface area contributed by atoms with Crippen LogP contribution in [0.1, 0.15) is 0 Å². The van der Waals surface area contributed by atoms with Crippen LogP contribution < -0.4 is 9.64 Å². The molecular formula is C21H24N3O3+. The lowest BCUT2D eigenvalue weighted by molar-refractivity contribution is -0.908. The van der Waals surface area contributed by atoms with Crippen molar-refractivity contribution in [2.24, 2.45) is 0 Å². The van der Waals surface area contributed by atoms with Gasteiger partial charge in [-0.2, -0.15) is 5.10 Å². The largest absolute Gasteiger partial charge is 0.507 e. The Morgan fingerprint density at radius 3 is 2.67 bits per heavy atom. The number of phenols is 1. The van der Waals surface area contributed by atoms with E-state index in [1.807, 2.05) is 42.5 Å². The highest BCUT2D eigenvalue weighted by Gasteiger charge is 2.15. The van der Waals surface area contributed by atoms with E-state index in [9.17, 15) is 5.11 Å². The van der Waals surface area contributed by atoms with Crippen LogP contribution in [0.25, 0.3) is 22.4 Å². The Kier molecular flexibility index (Phi) is 5.37. The van der Waals surface area contributed by atoms with Crippen molar-refractivity contribution in [3.05, 3.63) is 54.7 Å². The summed E-state index contributed by atoms with van der Waals surface area (Å²) in [6, 6.07) is 15.4. The van der Waals surface area contributed by atoms with Gasteiger partial charge < -0.3 is 19.5 Å². The Hall–Kier alpha value is -2.83. The quantitative estimate of drug-likeness (QED) is 0.622. The van der Waals surface area contributed by atoms with E-state index in [1.54, 1.807) is 12.3 Å². The van der Waals surface area contributed by atoms with Crippen molar-refractivity contribution in [3.63, 3.8) is 0 Å². The van der Waals surface area contributed by atoms with Crippen LogP contribution in [0.15, 0.2) is 54.7 Å². The third kappa shape index (κ3) is 4.13. The summed E-state index contributed by atoms with van der Waals surface area (Å²) in [4.78, 5) is 1.49. The molecule has 0 aliphatic carbocycles. The maximum absolute atomic E-state index is 10.5. The minimum absolute atomic E-state index is 0.174. The van der Waals surface area contributed by atoms with Gasteiger partial charge in [-0.15, -0.1) is 0 Å². The van der Waals surface area contributed by atoms with Gasteiger partial charge in [0.25, 0.3) is 0 Å². The number of nitrogens with one attached hydrogen (secondary N) is 2. The molecule has 0 bridgehead atoms. The monoisotopic (exact) mass is 366 g/mol. The molecule has 6 heteroatoms. The first-order chi connectivity index (χ1) is 13.3. The second kappa shape index (κ2) is 8.24. The molecule has 1 saturated heterocycles. The first-order valence-electron chi connectivity index (χ1n) is 9.27. The highest BCUT2D eigenvalue weighted by molar-refractivity contribution is 5.83. The highest BCUT2D eigenvalue weighted by Crippen LogP contribution is 2.36. The summed E-state index contributed by atoms with van der Waals surface area (Å²) in [6.45, 7) is 5.24. The van der Waals surface area contributed by atoms with E-state index in [0.29, 0.717) is 17.9 Å². The Morgan fingerprint density at radius 1 is 1.07 bits per heavy atom. The number of morpholine rings is 1. The molecule has 0 saturated carbocycles. The van der Waals surface area contributed by atoms with Crippen molar-refractivity contribution in [1.82, 2.24) is 10.2 Å². The third-order valence-electron chi connectivity index (χ3n) is 4.89. The van der Waals surface area contributed by atoms with Crippen LogP contribution in [-0.4, -0.2) is 54.8 Å². The smallest absolute Gasteiger partial charge is 0.137 e. The molecule has 0 spiro atoms. The van der Waals surface area contributed by atoms with Gasteiger partial charge in [0.1, 0.15) is 37.7 Å². The zero-order chi connectivity index (χ0) is 18.5. The Labute approximate surface area is 158 Å². The van der Waals surface area contributed by atoms with Crippen LogP contribution in [0.3, 0.4) is 0 Å². The molecule has 0 atom stereocenters. The highest BCUT2D eigenvalue weighted by atomic mass is 16.5. The van der Waals surface area contributed by atoms with E-state index in [4.69, 9.17) is 9.47 Å². The number of nitrogens with zero attached hydrogens (tertiary/aromatic N) is 1. The van der Waals surface area contributed by atoms with E-state index in [0.717, 1.165) is 49.7 Å². The van der Waals surface area contributed by atoms with Crippen molar-refractivity contribution in [1.29, 1.82) is 0 Å². The number of ether oxygens (including phenoxy) is 2. The summed E-state index contributed by atoms with van der Waals surface area (Å²) in [5.74, 6) is 0.845. The number of hydrogen-bond acceptors (Lipinski definition) is 4. The number of rotatable bonds is 6. The molecule has 0 amide bonds. The van der Waals surface area contributed by atoms with Gasteiger partial charge in [0.2, 0.25) is 0 Å². The molecule has 1 fully saturated rings. The fraction of sp³-hybridized carbons (Fsp3) is 0.286. The molecule has 1 aliphatic rings. The fourth-order valence-electron chi connectivity index (χ4n) is 3.36. The van der Waals surface area contributed by atoms with E-state index >= 15 is 0 Å². The predicted molar refractivity (Wildman–Crippen MR) is 103 cm³/mol. The van der Waals surface area contributed by atoms with Crippen LogP contribution in [0.5, 0.6) is 11.5 Å². The van der Waals surface area contributed by atoms with Gasteiger partial charge in [-0.3, -0.25) is 5.10 Å². The molecule has 27 heavy (non-hydrogen) atoms. The zero-order valence-electron chi connectivity index (χ0n) is 15.1. The van der Waals surface area contributed by atoms with Gasteiger partial charge in [-0.1, -0.05) is 30.3 Å². The van der Waals surface area contributed by atoms with Gasteiger partial charge in [0.05, 0.1) is 25.1 Å². The molecule has 4 rings (SSSR count). The number of aromatic nitrogens is 2. The number of aromatic amines is 1. The number of phenolic OH excluding ortho intramolecular Hbond substituents is 1. The third-order valence-corrected chi connectivity index (χ3v) is 4.89. The van der Waals surface area contributed by atoms with Crippen LogP contribution in [0.4, 0.5) is 0 Å². The Bertz CT molecular complexity index is 873. The van der Waals surface area contributed by atoms with Crippen molar-refractivity contribution in [2.75, 3.05) is 39.5 Å². The van der Waals surface area contributed by atoms with E-state index < -0.39 is 0 Å². The molecule has 1 aromatic heterocycles. The van der Waals surface area contributed by atoms with Gasteiger partial charge in [0, 0.05) is 17.2 Å². The number of benzene rings is 2. The SMILES string of the molecule is Oc1cc(OCC[NH+]2CCOCC2)ccc1-c1[nH]ncc1-c1ccccc1. The van der Waals surface area contributed by atoms with Crippen LogP contribution in [0, 0.1) is 0 Å². The summed E-state index contributed by atoms with van der Waals surface area (Å²) >= 11 is 0. The Balaban J connectivity index is 1.46. The number of aromatic hydroxyl groups is 1. The van der Waals surface area contributed by atoms with Gasteiger partial charge in [-0.05, 0) is 17.7 Å². The lowest BCUT2D eigenvalue weighted by Gasteiger charge is -2.23. The maximum atomic E-state index is 10.5. The average Bonchev–Trinajstić information content (AvgIpc) is 3.19. The van der Waals surface area contributed by atoms with E-state index in [1.165, 1.54) is 4.90 Å². The van der Waals surface area contributed by atoms with E-state index in [2.05, 4.69) is 10.2 Å². The second-order valence-corrected chi connectivity index (χ2v) is 6.66. The van der Waals surface area contributed by atoms with Crippen molar-refractivity contribution in [3.8, 4) is 33.9 Å². The standard InChI is InChI=1S/C21H23N3O3/c25-20-14-17(27-13-10-24-8-11-26-12-9-24)6-7-18(20)21-19(15-22-23-21)16-4-2-1-3-5-16/h1-7,14-15,25H,8-13H2,(H,22,23)/p+1. The zero-order valence-corrected chi connectivity index (χ0v) is 15.1. The van der Waals surface area contributed by atoms with Crippen molar-refractivity contribution in [2.45, 2.75) is 0 Å². The molecule has 0 unspecified atom stereocenters. The number of quaternary nitrogens is 1. The number of hydrogen-bond donors (Lipinski definition) is 3. The average molecular weight is 366 g/mol. The number of H-pyrrole nitrogens is 1. The van der Waals surface area contributed by atoms with E-state index in [-0.39, 0.29) is 5.75 Å². The Morgan fingerprint density at radius 2 is 1.89 bits per heavy atom. The van der Waals surface area contributed by atoms with Crippen molar-refractivity contribution < 1.29 is 19.5 Å². The normalized spacial score (nSPS) is 15.0. The van der Waals surface area contributed by atoms with Gasteiger partial charge >= 0.3 is 0 Å². The predicted octanol–water partition coefficient (Wildman–Crippen LogP) is 1.74. The first kappa shape index (κ1) is 17.6. The van der Waals surface area contributed by atoms with Crippen LogP contribution >= 0.6 is 0 Å². The minimum atomic E-state index is 0.174. The lowest BCUT2D eigenvalue weighted by atomic mass is 10.0. The molecular weight excluding hydrogens is 342 g/mol. The molecule has 6 nitrogen and oxygen atoms in total. The molecule has 1 aliphatic heterocycles. The maximum Gasteiger partial charge on any atom is 0.137 e. The topological polar surface area (TPSA) is 71.8 Å². The van der Waals surface area contributed by atoms with Crippen molar-refractivity contribution >= 4 is 0 Å². The molecule has 2 heterocycles. The van der Waals surface area contributed by atoms with Crippen LogP contribution in [-0.2, 0) is 4.74 Å². The first-order valence-corrected chi connectivity index (χ1v) is 9.27. The van der Waals surface area contributed by atoms with Crippen LogP contribution in [0.2, 0.25) is 0 Å². The van der Waals surface area contributed by atoms with Gasteiger partial charge in [-0.25, -0.2) is 0 Å². The summed E-state index contributed by atoms with van der Waals surface area (Å²) < 4.78 is 11.2. The molecule has 3 aromatic rings. The summed E-state index contributed by atoms with van der Waals surface area (Å²) in [6.07, 6.45) is 1.78. The second-order valence-electron chi connectivity index (χ2n) is 6.66. The van der Waals surface area contributed by atoms with Gasteiger partial charge in [0.15, 0.2) is 0 Å². The fourth-order valence-corrected chi connectivity index (χ4v) is 3.36. The summed E-state index contributed by atoms with van der Waals surface area (Å²) in [5, 5.41) is 17.7. The molecule has 2 aromatic carbocycles.